The summed E-state index contributed by atoms with van der Waals surface area (Å²) in [6.07, 6.45) is 5.05. The second-order valence-electron chi connectivity index (χ2n) is 8.66. The van der Waals surface area contributed by atoms with Gasteiger partial charge in [-0.2, -0.15) is 0 Å². The summed E-state index contributed by atoms with van der Waals surface area (Å²) in [6, 6.07) is 12.0. The van der Waals surface area contributed by atoms with Gasteiger partial charge in [0.05, 0.1) is 16.7 Å². The number of benzene rings is 2. The summed E-state index contributed by atoms with van der Waals surface area (Å²) in [5.41, 5.74) is 0.673. The van der Waals surface area contributed by atoms with Gasteiger partial charge in [-0.15, -0.1) is 0 Å². The Hall–Kier alpha value is -2.86. The first-order valence-electron chi connectivity index (χ1n) is 10.6. The molecule has 0 saturated carbocycles. The first kappa shape index (κ1) is 24.4. The zero-order valence-electron chi connectivity index (χ0n) is 18.4. The molecule has 31 heavy (non-hydrogen) atoms. The third-order valence-corrected chi connectivity index (χ3v) is 5.30. The number of hydrogen-bond donors (Lipinski definition) is 3. The predicted molar refractivity (Wildman–Crippen MR) is 119 cm³/mol. The molecule has 0 heterocycles. The number of carboxylic acids is 2. The Kier molecular flexibility index (Phi) is 8.63. The van der Waals surface area contributed by atoms with Crippen molar-refractivity contribution in [3.05, 3.63) is 64.7 Å². The quantitative estimate of drug-likeness (QED) is 0.386. The number of rotatable bonds is 12. The summed E-state index contributed by atoms with van der Waals surface area (Å²) in [7, 11) is 0. The number of carboxylic acid groups (broad SMARTS) is 2. The van der Waals surface area contributed by atoms with Crippen LogP contribution in [0, 0.1) is 0 Å². The van der Waals surface area contributed by atoms with Crippen molar-refractivity contribution in [2.24, 2.45) is 0 Å². The van der Waals surface area contributed by atoms with Gasteiger partial charge < -0.3 is 20.1 Å². The molecular weight excluding hydrogens is 396 g/mol. The molecule has 0 spiro atoms. The van der Waals surface area contributed by atoms with Crippen LogP contribution < -0.4 is 4.74 Å². The maximum atomic E-state index is 11.3. The zero-order valence-corrected chi connectivity index (χ0v) is 18.4. The molecule has 2 rings (SSSR count). The fourth-order valence-corrected chi connectivity index (χ4v) is 3.47. The molecule has 0 saturated heterocycles. The average Bonchev–Trinajstić information content (AvgIpc) is 2.70. The first-order valence-corrected chi connectivity index (χ1v) is 10.6. The van der Waals surface area contributed by atoms with Crippen LogP contribution in [0.1, 0.15) is 90.6 Å². The van der Waals surface area contributed by atoms with Gasteiger partial charge in [-0.05, 0) is 68.0 Å². The molecule has 1 unspecified atom stereocenters. The molecule has 2 aromatic carbocycles. The average molecular weight is 429 g/mol. The lowest BCUT2D eigenvalue weighted by atomic mass is 9.93. The number of unbranched alkanes of at least 4 members (excludes halogenated alkanes) is 2. The van der Waals surface area contributed by atoms with E-state index in [0.717, 1.165) is 32.1 Å². The summed E-state index contributed by atoms with van der Waals surface area (Å²) in [5.74, 6) is -1.49. The summed E-state index contributed by atoms with van der Waals surface area (Å²) in [4.78, 5) is 22.5. The second kappa shape index (κ2) is 11.0. The van der Waals surface area contributed by atoms with Crippen LogP contribution in [-0.2, 0) is 6.61 Å². The lowest BCUT2D eigenvalue weighted by Gasteiger charge is -2.17. The van der Waals surface area contributed by atoms with Crippen LogP contribution in [0.25, 0.3) is 0 Å². The van der Waals surface area contributed by atoms with Crippen LogP contribution in [0.3, 0.4) is 0 Å². The fraction of sp³-hybridized carbons (Fsp3) is 0.440. The van der Waals surface area contributed by atoms with E-state index in [1.165, 1.54) is 17.7 Å². The molecule has 168 valence electrons. The number of carbonyl (C=O) groups is 2. The van der Waals surface area contributed by atoms with Crippen molar-refractivity contribution < 1.29 is 29.6 Å². The summed E-state index contributed by atoms with van der Waals surface area (Å²) in [6.45, 7) is 6.00. The van der Waals surface area contributed by atoms with Crippen LogP contribution in [-0.4, -0.2) is 32.9 Å². The Morgan fingerprint density at radius 1 is 0.968 bits per heavy atom. The van der Waals surface area contributed by atoms with E-state index in [-0.39, 0.29) is 17.7 Å². The van der Waals surface area contributed by atoms with Crippen molar-refractivity contribution in [1.29, 1.82) is 0 Å². The monoisotopic (exact) mass is 428 g/mol. The zero-order chi connectivity index (χ0) is 23.0. The minimum atomic E-state index is -1.28. The Morgan fingerprint density at radius 3 is 2.32 bits per heavy atom. The van der Waals surface area contributed by atoms with E-state index in [1.54, 1.807) is 6.07 Å². The van der Waals surface area contributed by atoms with E-state index in [4.69, 9.17) is 9.84 Å². The van der Waals surface area contributed by atoms with Crippen LogP contribution in [0.15, 0.2) is 42.5 Å². The number of hydrogen-bond acceptors (Lipinski definition) is 4. The van der Waals surface area contributed by atoms with Crippen molar-refractivity contribution in [2.75, 3.05) is 0 Å². The molecule has 2 aromatic rings. The van der Waals surface area contributed by atoms with Crippen molar-refractivity contribution in [3.8, 4) is 5.75 Å². The Balaban J connectivity index is 1.93. The first-order chi connectivity index (χ1) is 14.6. The lowest BCUT2D eigenvalue weighted by Crippen LogP contribution is -2.17. The Morgan fingerprint density at radius 2 is 1.68 bits per heavy atom. The number of aromatic carboxylic acids is 2. The van der Waals surface area contributed by atoms with Crippen LogP contribution in [0.2, 0.25) is 0 Å². The van der Waals surface area contributed by atoms with Gasteiger partial charge in [-0.1, -0.05) is 44.4 Å². The van der Waals surface area contributed by atoms with E-state index in [1.807, 2.05) is 32.0 Å². The minimum Gasteiger partial charge on any atom is -0.489 e. The molecule has 6 nitrogen and oxygen atoms in total. The van der Waals surface area contributed by atoms with E-state index in [0.29, 0.717) is 17.2 Å². The molecular formula is C25H32O6. The SMILES string of the molecule is CC(CCCCCC(C)(C)O)c1cccc(OCc2ccc(C(=O)O)c(C(=O)O)c2)c1. The summed E-state index contributed by atoms with van der Waals surface area (Å²) < 4.78 is 5.83. The molecule has 0 aliphatic carbocycles. The van der Waals surface area contributed by atoms with Crippen LogP contribution >= 0.6 is 0 Å². The molecule has 0 radical (unpaired) electrons. The van der Waals surface area contributed by atoms with Gasteiger partial charge in [0.1, 0.15) is 12.4 Å². The third-order valence-electron chi connectivity index (χ3n) is 5.30. The highest BCUT2D eigenvalue weighted by atomic mass is 16.5. The molecule has 0 aromatic heterocycles. The van der Waals surface area contributed by atoms with E-state index >= 15 is 0 Å². The van der Waals surface area contributed by atoms with Gasteiger partial charge in [0.2, 0.25) is 0 Å². The highest BCUT2D eigenvalue weighted by molar-refractivity contribution is 6.01. The smallest absolute Gasteiger partial charge is 0.336 e. The van der Waals surface area contributed by atoms with Gasteiger partial charge in [-0.3, -0.25) is 0 Å². The standard InChI is InChI=1S/C25H32O6/c1-17(8-5-4-6-13-25(2,3)30)19-9-7-10-20(15-19)31-16-18-11-12-21(23(26)27)22(14-18)24(28)29/h7,9-12,14-15,17,30H,4-6,8,13,16H2,1-3H3,(H,26,27)(H,28,29). The maximum Gasteiger partial charge on any atom is 0.336 e. The fourth-order valence-electron chi connectivity index (χ4n) is 3.47. The molecule has 0 aliphatic heterocycles. The summed E-state index contributed by atoms with van der Waals surface area (Å²) >= 11 is 0. The topological polar surface area (TPSA) is 104 Å². The molecule has 6 heteroatoms. The molecule has 0 aliphatic rings. The Labute approximate surface area is 183 Å². The lowest BCUT2D eigenvalue weighted by molar-refractivity contribution is 0.0651. The Bertz CT molecular complexity index is 897. The van der Waals surface area contributed by atoms with Crippen molar-refractivity contribution in [1.82, 2.24) is 0 Å². The van der Waals surface area contributed by atoms with Gasteiger partial charge in [0.25, 0.3) is 0 Å². The normalized spacial score (nSPS) is 12.4. The third kappa shape index (κ3) is 8.06. The van der Waals surface area contributed by atoms with E-state index in [2.05, 4.69) is 13.0 Å². The van der Waals surface area contributed by atoms with E-state index in [9.17, 15) is 19.8 Å². The van der Waals surface area contributed by atoms with Gasteiger partial charge in [-0.25, -0.2) is 9.59 Å². The summed E-state index contributed by atoms with van der Waals surface area (Å²) in [5, 5.41) is 28.1. The molecule has 1 atom stereocenters. The molecule has 0 bridgehead atoms. The van der Waals surface area contributed by atoms with Crippen molar-refractivity contribution in [2.45, 2.75) is 71.0 Å². The van der Waals surface area contributed by atoms with Crippen LogP contribution in [0.4, 0.5) is 0 Å². The van der Waals surface area contributed by atoms with Gasteiger partial charge in [0.15, 0.2) is 0 Å². The molecule has 0 fully saturated rings. The minimum absolute atomic E-state index is 0.148. The largest absolute Gasteiger partial charge is 0.489 e. The maximum absolute atomic E-state index is 11.3. The molecule has 3 N–H and O–H groups in total. The molecule has 0 amide bonds. The van der Waals surface area contributed by atoms with Crippen molar-refractivity contribution in [3.63, 3.8) is 0 Å². The second-order valence-corrected chi connectivity index (χ2v) is 8.66. The highest BCUT2D eigenvalue weighted by Gasteiger charge is 2.16. The van der Waals surface area contributed by atoms with Crippen molar-refractivity contribution >= 4 is 11.9 Å². The number of aliphatic hydroxyl groups is 1. The van der Waals surface area contributed by atoms with Gasteiger partial charge in [0, 0.05) is 0 Å². The highest BCUT2D eigenvalue weighted by Crippen LogP contribution is 2.26. The van der Waals surface area contributed by atoms with E-state index < -0.39 is 17.5 Å². The predicted octanol–water partition coefficient (Wildman–Crippen LogP) is 5.49. The van der Waals surface area contributed by atoms with Crippen LogP contribution in [0.5, 0.6) is 5.75 Å². The number of ether oxygens (including phenoxy) is 1. The van der Waals surface area contributed by atoms with Gasteiger partial charge >= 0.3 is 11.9 Å².